The Hall–Kier alpha value is -4.00. The van der Waals surface area contributed by atoms with Gasteiger partial charge in [-0.05, 0) is 42.0 Å². The van der Waals surface area contributed by atoms with Crippen LogP contribution in [0, 0.1) is 0 Å². The zero-order valence-corrected chi connectivity index (χ0v) is 19.4. The highest BCUT2D eigenvalue weighted by Crippen LogP contribution is 2.21. The largest absolute Gasteiger partial charge is 0.497 e. The second-order valence-corrected chi connectivity index (χ2v) is 8.13. The topological polar surface area (TPSA) is 73.9 Å². The summed E-state index contributed by atoms with van der Waals surface area (Å²) in [6.07, 6.45) is 0. The molecule has 1 aliphatic rings. The monoisotopic (exact) mass is 458 g/mol. The lowest BCUT2D eigenvalue weighted by molar-refractivity contribution is -0.129. The zero-order valence-electron chi connectivity index (χ0n) is 19.4. The van der Waals surface area contributed by atoms with Gasteiger partial charge in [-0.3, -0.25) is 9.59 Å². The van der Waals surface area contributed by atoms with Crippen LogP contribution in [0.25, 0.3) is 0 Å². The van der Waals surface area contributed by atoms with Gasteiger partial charge < -0.3 is 25.2 Å². The molecule has 1 fully saturated rings. The van der Waals surface area contributed by atoms with Crippen molar-refractivity contribution < 1.29 is 14.3 Å². The van der Waals surface area contributed by atoms with Gasteiger partial charge in [-0.15, -0.1) is 0 Å². The van der Waals surface area contributed by atoms with Gasteiger partial charge in [0.05, 0.1) is 19.2 Å². The summed E-state index contributed by atoms with van der Waals surface area (Å²) in [4.78, 5) is 29.7. The summed E-state index contributed by atoms with van der Waals surface area (Å²) in [7, 11) is 1.66. The number of benzene rings is 3. The van der Waals surface area contributed by atoms with Gasteiger partial charge in [-0.1, -0.05) is 42.5 Å². The molecule has 0 radical (unpaired) electrons. The van der Waals surface area contributed by atoms with E-state index in [9.17, 15) is 9.59 Å². The SMILES string of the molecule is COc1ccc(N2CCN(C(=O)CNc3ccccc3C(=O)NCc3ccccc3)CC2)cc1. The highest BCUT2D eigenvalue weighted by molar-refractivity contribution is 6.00. The van der Waals surface area contributed by atoms with Crippen LogP contribution in [-0.2, 0) is 11.3 Å². The predicted octanol–water partition coefficient (Wildman–Crippen LogP) is 3.39. The summed E-state index contributed by atoms with van der Waals surface area (Å²) in [5.74, 6) is 0.680. The molecule has 0 saturated carbocycles. The molecular weight excluding hydrogens is 428 g/mol. The van der Waals surface area contributed by atoms with Crippen molar-refractivity contribution >= 4 is 23.2 Å². The molecule has 3 aromatic carbocycles. The Morgan fingerprint density at radius 3 is 2.24 bits per heavy atom. The molecule has 2 amide bonds. The summed E-state index contributed by atoms with van der Waals surface area (Å²) in [6.45, 7) is 3.46. The van der Waals surface area contributed by atoms with E-state index in [1.54, 1.807) is 13.2 Å². The van der Waals surface area contributed by atoms with E-state index in [2.05, 4.69) is 15.5 Å². The number of anilines is 2. The zero-order chi connectivity index (χ0) is 23.8. The molecule has 0 aliphatic carbocycles. The number of rotatable bonds is 8. The summed E-state index contributed by atoms with van der Waals surface area (Å²) in [5.41, 5.74) is 3.33. The van der Waals surface area contributed by atoms with Crippen LogP contribution in [-0.4, -0.2) is 56.5 Å². The van der Waals surface area contributed by atoms with E-state index in [0.717, 1.165) is 30.1 Å². The number of piperazine rings is 1. The van der Waals surface area contributed by atoms with Crippen molar-refractivity contribution in [3.8, 4) is 5.75 Å². The highest BCUT2D eigenvalue weighted by Gasteiger charge is 2.21. The highest BCUT2D eigenvalue weighted by atomic mass is 16.5. The smallest absolute Gasteiger partial charge is 0.253 e. The van der Waals surface area contributed by atoms with Crippen molar-refractivity contribution in [3.05, 3.63) is 90.0 Å². The first-order valence-electron chi connectivity index (χ1n) is 11.5. The minimum Gasteiger partial charge on any atom is -0.497 e. The molecule has 1 heterocycles. The number of hydrogen-bond donors (Lipinski definition) is 2. The molecule has 0 spiro atoms. The first-order chi connectivity index (χ1) is 16.6. The Balaban J connectivity index is 1.28. The molecule has 34 heavy (non-hydrogen) atoms. The van der Waals surface area contributed by atoms with Crippen LogP contribution in [0.15, 0.2) is 78.9 Å². The van der Waals surface area contributed by atoms with Crippen molar-refractivity contribution in [2.24, 2.45) is 0 Å². The average molecular weight is 459 g/mol. The van der Waals surface area contributed by atoms with E-state index < -0.39 is 0 Å². The van der Waals surface area contributed by atoms with Crippen molar-refractivity contribution in [1.82, 2.24) is 10.2 Å². The predicted molar refractivity (Wildman–Crippen MR) is 134 cm³/mol. The van der Waals surface area contributed by atoms with E-state index >= 15 is 0 Å². The van der Waals surface area contributed by atoms with E-state index in [0.29, 0.717) is 30.9 Å². The maximum absolute atomic E-state index is 12.8. The first kappa shape index (κ1) is 23.2. The average Bonchev–Trinajstić information content (AvgIpc) is 2.91. The van der Waals surface area contributed by atoms with Gasteiger partial charge in [0.1, 0.15) is 5.75 Å². The summed E-state index contributed by atoms with van der Waals surface area (Å²) in [5, 5.41) is 6.11. The minimum absolute atomic E-state index is 0.0221. The van der Waals surface area contributed by atoms with E-state index in [1.807, 2.05) is 77.7 Å². The van der Waals surface area contributed by atoms with Crippen molar-refractivity contribution in [1.29, 1.82) is 0 Å². The molecule has 3 aromatic rings. The molecule has 0 unspecified atom stereocenters. The molecule has 0 bridgehead atoms. The van der Waals surface area contributed by atoms with Crippen LogP contribution in [0.1, 0.15) is 15.9 Å². The lowest BCUT2D eigenvalue weighted by Gasteiger charge is -2.36. The third-order valence-electron chi connectivity index (χ3n) is 5.97. The van der Waals surface area contributed by atoms with Gasteiger partial charge in [0, 0.05) is 44.1 Å². The lowest BCUT2D eigenvalue weighted by Crippen LogP contribution is -2.50. The third kappa shape index (κ3) is 5.86. The Labute approximate surface area is 200 Å². The fraction of sp³-hybridized carbons (Fsp3) is 0.259. The number of para-hydroxylation sites is 1. The number of nitrogens with zero attached hydrogens (tertiary/aromatic N) is 2. The summed E-state index contributed by atoms with van der Waals surface area (Å²) < 4.78 is 5.22. The second-order valence-electron chi connectivity index (χ2n) is 8.13. The van der Waals surface area contributed by atoms with Crippen LogP contribution in [0.2, 0.25) is 0 Å². The molecule has 7 heteroatoms. The minimum atomic E-state index is -0.174. The molecule has 176 valence electrons. The maximum atomic E-state index is 12.8. The van der Waals surface area contributed by atoms with Gasteiger partial charge in [-0.25, -0.2) is 0 Å². The number of carbonyl (C=O) groups is 2. The van der Waals surface area contributed by atoms with Gasteiger partial charge in [0.25, 0.3) is 5.91 Å². The fourth-order valence-corrected chi connectivity index (χ4v) is 4.00. The molecular formula is C27H30N4O3. The van der Waals surface area contributed by atoms with Gasteiger partial charge in [-0.2, -0.15) is 0 Å². The Morgan fingerprint density at radius 2 is 1.53 bits per heavy atom. The Morgan fingerprint density at radius 1 is 0.853 bits per heavy atom. The van der Waals surface area contributed by atoms with E-state index in [4.69, 9.17) is 4.74 Å². The van der Waals surface area contributed by atoms with Crippen LogP contribution in [0.5, 0.6) is 5.75 Å². The van der Waals surface area contributed by atoms with Gasteiger partial charge in [0.2, 0.25) is 5.91 Å². The lowest BCUT2D eigenvalue weighted by atomic mass is 10.1. The fourth-order valence-electron chi connectivity index (χ4n) is 4.00. The number of methoxy groups -OCH3 is 1. The first-order valence-corrected chi connectivity index (χ1v) is 11.5. The number of carbonyl (C=O) groups excluding carboxylic acids is 2. The van der Waals surface area contributed by atoms with Crippen LogP contribution in [0.4, 0.5) is 11.4 Å². The van der Waals surface area contributed by atoms with Crippen LogP contribution in [0.3, 0.4) is 0 Å². The molecule has 7 nitrogen and oxygen atoms in total. The number of nitrogens with one attached hydrogen (secondary N) is 2. The molecule has 4 rings (SSSR count). The molecule has 2 N–H and O–H groups in total. The van der Waals surface area contributed by atoms with Crippen LogP contribution < -0.4 is 20.3 Å². The molecule has 1 aliphatic heterocycles. The summed E-state index contributed by atoms with van der Waals surface area (Å²) in [6, 6.07) is 25.0. The van der Waals surface area contributed by atoms with E-state index in [-0.39, 0.29) is 18.4 Å². The quantitative estimate of drug-likeness (QED) is 0.541. The number of hydrogen-bond acceptors (Lipinski definition) is 5. The standard InChI is InChI=1S/C27H30N4O3/c1-34-23-13-11-22(12-14-23)30-15-17-31(18-16-30)26(32)20-28-25-10-6-5-9-24(25)27(33)29-19-21-7-3-2-4-8-21/h2-14,28H,15-20H2,1H3,(H,29,33). The van der Waals surface area contributed by atoms with Crippen molar-refractivity contribution in [2.75, 3.05) is 50.1 Å². The van der Waals surface area contributed by atoms with Gasteiger partial charge >= 0.3 is 0 Å². The molecule has 0 atom stereocenters. The second kappa shape index (κ2) is 11.2. The number of ether oxygens (including phenoxy) is 1. The van der Waals surface area contributed by atoms with Crippen molar-refractivity contribution in [2.45, 2.75) is 6.54 Å². The molecule has 0 aromatic heterocycles. The molecule has 1 saturated heterocycles. The number of amides is 2. The Kier molecular flexibility index (Phi) is 7.65. The van der Waals surface area contributed by atoms with E-state index in [1.165, 1.54) is 0 Å². The van der Waals surface area contributed by atoms with Crippen LogP contribution >= 0.6 is 0 Å². The summed E-state index contributed by atoms with van der Waals surface area (Å²) >= 11 is 0. The third-order valence-corrected chi connectivity index (χ3v) is 5.97. The maximum Gasteiger partial charge on any atom is 0.253 e. The Bertz CT molecular complexity index is 1090. The normalized spacial score (nSPS) is 13.3. The van der Waals surface area contributed by atoms with Gasteiger partial charge in [0.15, 0.2) is 0 Å². The van der Waals surface area contributed by atoms with Crippen molar-refractivity contribution in [3.63, 3.8) is 0 Å².